The zero-order valence-electron chi connectivity index (χ0n) is 27.3. The first-order valence-corrected chi connectivity index (χ1v) is 16.9. The molecular formula is C32H48N6O6S. The van der Waals surface area contributed by atoms with Crippen LogP contribution >= 0.6 is 0 Å². The molecule has 1 fully saturated rings. The molecule has 0 aliphatic carbocycles. The number of amides is 2. The molecule has 12 nitrogen and oxygen atoms in total. The van der Waals surface area contributed by atoms with Crippen molar-refractivity contribution in [3.8, 4) is 0 Å². The van der Waals surface area contributed by atoms with Crippen LogP contribution in [0.15, 0.2) is 46.3 Å². The summed E-state index contributed by atoms with van der Waals surface area (Å²) in [5, 5.41) is 9.05. The second-order valence-corrected chi connectivity index (χ2v) is 13.8. The number of carbonyl (C=O) groups excluding carboxylic acids is 2. The molecule has 1 heterocycles. The van der Waals surface area contributed by atoms with Crippen LogP contribution in [-0.2, 0) is 26.0 Å². The monoisotopic (exact) mass is 644 g/mol. The SMILES string of the molecule is CCOC(=O)N1CCN(C(=O)C(Cc2cccc(N=C(N)NO)c2)NS(=O)(=O)c2c(C(C)C)cc(C(C)C)cc2C(C)C)CC1. The van der Waals surface area contributed by atoms with Gasteiger partial charge in [0.1, 0.15) is 6.04 Å². The van der Waals surface area contributed by atoms with E-state index >= 15 is 0 Å². The number of rotatable bonds is 11. The first-order valence-electron chi connectivity index (χ1n) is 15.4. The molecule has 0 radical (unpaired) electrons. The fourth-order valence-corrected chi connectivity index (χ4v) is 7.21. The summed E-state index contributed by atoms with van der Waals surface area (Å²) in [4.78, 5) is 33.7. The van der Waals surface area contributed by atoms with E-state index < -0.39 is 28.1 Å². The smallest absolute Gasteiger partial charge is 0.409 e. The minimum Gasteiger partial charge on any atom is -0.450 e. The van der Waals surface area contributed by atoms with Crippen LogP contribution in [0.2, 0.25) is 0 Å². The predicted octanol–water partition coefficient (Wildman–Crippen LogP) is 4.17. The Morgan fingerprint density at radius 2 is 1.53 bits per heavy atom. The third kappa shape index (κ3) is 9.18. The molecule has 0 spiro atoms. The van der Waals surface area contributed by atoms with Crippen molar-refractivity contribution in [3.63, 3.8) is 0 Å². The fourth-order valence-electron chi connectivity index (χ4n) is 5.32. The molecule has 0 bridgehead atoms. The summed E-state index contributed by atoms with van der Waals surface area (Å²) in [6, 6.07) is 9.60. The number of sulfonamides is 1. The molecule has 2 amide bonds. The van der Waals surface area contributed by atoms with Gasteiger partial charge in [0.05, 0.1) is 17.2 Å². The molecule has 1 saturated heterocycles. The van der Waals surface area contributed by atoms with E-state index in [1.165, 1.54) is 4.90 Å². The van der Waals surface area contributed by atoms with Gasteiger partial charge in [-0.1, -0.05) is 65.8 Å². The third-order valence-corrected chi connectivity index (χ3v) is 9.38. The van der Waals surface area contributed by atoms with Crippen molar-refractivity contribution in [3.05, 3.63) is 58.7 Å². The second-order valence-electron chi connectivity index (χ2n) is 12.2. The van der Waals surface area contributed by atoms with Crippen molar-refractivity contribution >= 4 is 33.7 Å². The van der Waals surface area contributed by atoms with Gasteiger partial charge < -0.3 is 20.3 Å². The van der Waals surface area contributed by atoms with Gasteiger partial charge >= 0.3 is 6.09 Å². The molecule has 45 heavy (non-hydrogen) atoms. The fraction of sp³-hybridized carbons (Fsp3) is 0.531. The molecule has 0 aromatic heterocycles. The quantitative estimate of drug-likeness (QED) is 0.161. The number of carbonyl (C=O) groups is 2. The Balaban J connectivity index is 2.05. The summed E-state index contributed by atoms with van der Waals surface area (Å²) < 4.78 is 36.7. The lowest BCUT2D eigenvalue weighted by molar-refractivity contribution is -0.134. The van der Waals surface area contributed by atoms with Crippen LogP contribution in [-0.4, -0.2) is 80.2 Å². The summed E-state index contributed by atoms with van der Waals surface area (Å²) in [6.07, 6.45) is -0.410. The van der Waals surface area contributed by atoms with Crippen LogP contribution in [0.3, 0.4) is 0 Å². The highest BCUT2D eigenvalue weighted by molar-refractivity contribution is 7.89. The maximum Gasteiger partial charge on any atom is 0.409 e. The van der Waals surface area contributed by atoms with Gasteiger partial charge in [-0.15, -0.1) is 0 Å². The van der Waals surface area contributed by atoms with Crippen molar-refractivity contribution in [2.75, 3.05) is 32.8 Å². The number of nitrogens with zero attached hydrogens (tertiary/aromatic N) is 3. The number of guanidine groups is 1. The van der Waals surface area contributed by atoms with Gasteiger partial charge in [0.2, 0.25) is 21.9 Å². The summed E-state index contributed by atoms with van der Waals surface area (Å²) in [5.41, 5.74) is 10.9. The van der Waals surface area contributed by atoms with Gasteiger partial charge in [-0.3, -0.25) is 10.0 Å². The van der Waals surface area contributed by atoms with Crippen LogP contribution in [0, 0.1) is 0 Å². The maximum absolute atomic E-state index is 14.4. The lowest BCUT2D eigenvalue weighted by atomic mass is 9.89. The molecule has 1 unspecified atom stereocenters. The minimum absolute atomic E-state index is 0.0318. The average molecular weight is 645 g/mol. The molecule has 2 aromatic rings. The minimum atomic E-state index is -4.19. The first kappa shape index (κ1) is 35.8. The van der Waals surface area contributed by atoms with Crippen LogP contribution in [0.5, 0.6) is 0 Å². The van der Waals surface area contributed by atoms with E-state index in [-0.39, 0.29) is 67.8 Å². The van der Waals surface area contributed by atoms with E-state index in [2.05, 4.69) is 23.6 Å². The van der Waals surface area contributed by atoms with Gasteiger partial charge in [-0.05, 0) is 65.5 Å². The van der Waals surface area contributed by atoms with E-state index in [4.69, 9.17) is 15.7 Å². The number of hydroxylamine groups is 1. The third-order valence-electron chi connectivity index (χ3n) is 7.78. The average Bonchev–Trinajstić information content (AvgIpc) is 2.99. The van der Waals surface area contributed by atoms with Crippen LogP contribution in [0.25, 0.3) is 0 Å². The Kier molecular flexibility index (Phi) is 12.4. The van der Waals surface area contributed by atoms with E-state index in [0.29, 0.717) is 22.4 Å². The molecule has 1 atom stereocenters. The molecule has 1 aliphatic heterocycles. The van der Waals surface area contributed by atoms with E-state index in [1.54, 1.807) is 41.6 Å². The van der Waals surface area contributed by atoms with Gasteiger partial charge in [-0.2, -0.15) is 4.72 Å². The maximum atomic E-state index is 14.4. The lowest BCUT2D eigenvalue weighted by Gasteiger charge is -2.36. The number of nitrogens with one attached hydrogen (secondary N) is 2. The Morgan fingerprint density at radius 3 is 2.04 bits per heavy atom. The molecule has 3 rings (SSSR count). The zero-order chi connectivity index (χ0) is 33.5. The Labute approximate surface area is 267 Å². The molecule has 0 saturated carbocycles. The number of hydrogen-bond donors (Lipinski definition) is 4. The molecule has 1 aliphatic rings. The lowest BCUT2D eigenvalue weighted by Crippen LogP contribution is -2.56. The Bertz CT molecular complexity index is 1450. The summed E-state index contributed by atoms with van der Waals surface area (Å²) >= 11 is 0. The van der Waals surface area contributed by atoms with Gasteiger partial charge in [0, 0.05) is 26.2 Å². The Morgan fingerprint density at radius 1 is 0.956 bits per heavy atom. The van der Waals surface area contributed by atoms with Gasteiger partial charge in [0.15, 0.2) is 0 Å². The normalized spacial score (nSPS) is 15.1. The summed E-state index contributed by atoms with van der Waals surface area (Å²) in [6.45, 7) is 15.0. The number of ether oxygens (including phenoxy) is 1. The van der Waals surface area contributed by atoms with Crippen LogP contribution in [0.4, 0.5) is 10.5 Å². The Hall–Kier alpha value is -3.68. The van der Waals surface area contributed by atoms with Crippen molar-refractivity contribution in [2.45, 2.75) is 83.6 Å². The summed E-state index contributed by atoms with van der Waals surface area (Å²) in [5.74, 6) is -0.580. The number of nitrogens with two attached hydrogens (primary N) is 1. The highest BCUT2D eigenvalue weighted by atomic mass is 32.2. The van der Waals surface area contributed by atoms with Crippen molar-refractivity contribution in [2.24, 2.45) is 10.7 Å². The highest BCUT2D eigenvalue weighted by Crippen LogP contribution is 2.35. The van der Waals surface area contributed by atoms with E-state index in [1.807, 2.05) is 39.8 Å². The van der Waals surface area contributed by atoms with Gasteiger partial charge in [-0.25, -0.2) is 23.7 Å². The number of piperazine rings is 1. The molecule has 13 heteroatoms. The van der Waals surface area contributed by atoms with Crippen molar-refractivity contribution in [1.29, 1.82) is 0 Å². The van der Waals surface area contributed by atoms with Crippen molar-refractivity contribution < 1.29 is 28.0 Å². The van der Waals surface area contributed by atoms with E-state index in [9.17, 15) is 18.0 Å². The molecular weight excluding hydrogens is 596 g/mol. The highest BCUT2D eigenvalue weighted by Gasteiger charge is 2.35. The van der Waals surface area contributed by atoms with Crippen LogP contribution in [0.1, 0.15) is 88.5 Å². The second kappa shape index (κ2) is 15.5. The molecule has 248 valence electrons. The predicted molar refractivity (Wildman–Crippen MR) is 174 cm³/mol. The topological polar surface area (TPSA) is 167 Å². The zero-order valence-corrected chi connectivity index (χ0v) is 28.1. The summed E-state index contributed by atoms with van der Waals surface area (Å²) in [7, 11) is -4.19. The standard InChI is InChI=1S/C32H48N6O6S/c1-8-44-32(40)38-14-12-37(13-15-38)30(39)28(17-23-10-9-11-25(16-23)34-31(33)35-41)36-45(42,43)29-26(21(4)5)18-24(20(2)3)19-27(29)22(6)7/h9-11,16,18-22,28,36,41H,8,12-15,17H2,1-7H3,(H3,33,34,35). The number of benzene rings is 2. The van der Waals surface area contributed by atoms with Crippen LogP contribution < -0.4 is 15.9 Å². The molecule has 2 aromatic carbocycles. The number of aliphatic imine (C=N–C) groups is 1. The molecule has 5 N–H and O–H groups in total. The van der Waals surface area contributed by atoms with Gasteiger partial charge in [0.25, 0.3) is 0 Å². The van der Waals surface area contributed by atoms with Crippen molar-refractivity contribution in [1.82, 2.24) is 20.0 Å². The van der Waals surface area contributed by atoms with E-state index in [0.717, 1.165) is 5.56 Å². The first-order chi connectivity index (χ1) is 21.2. The number of hydrogen-bond acceptors (Lipinski definition) is 7. The largest absolute Gasteiger partial charge is 0.450 e.